The van der Waals surface area contributed by atoms with E-state index < -0.39 is 0 Å². The molecular formula is C18H19N5O. The zero-order valence-corrected chi connectivity index (χ0v) is 13.7. The molecule has 0 atom stereocenters. The second-order valence-electron chi connectivity index (χ2n) is 5.60. The van der Waals surface area contributed by atoms with Crippen LogP contribution in [-0.4, -0.2) is 25.7 Å². The summed E-state index contributed by atoms with van der Waals surface area (Å²) < 4.78 is 1.90. The van der Waals surface area contributed by atoms with Crippen LogP contribution in [0.3, 0.4) is 0 Å². The molecule has 3 rings (SSSR count). The van der Waals surface area contributed by atoms with Gasteiger partial charge in [0.1, 0.15) is 5.82 Å². The number of pyridine rings is 1. The molecule has 0 unspecified atom stereocenters. The number of para-hydroxylation sites is 1. The van der Waals surface area contributed by atoms with E-state index in [0.717, 1.165) is 28.5 Å². The molecule has 3 aromatic rings. The van der Waals surface area contributed by atoms with E-state index in [4.69, 9.17) is 0 Å². The Kier molecular flexibility index (Phi) is 4.65. The van der Waals surface area contributed by atoms with Crippen molar-refractivity contribution in [3.05, 3.63) is 60.2 Å². The smallest absolute Gasteiger partial charge is 0.224 e. The molecule has 122 valence electrons. The zero-order valence-electron chi connectivity index (χ0n) is 13.7. The molecule has 0 radical (unpaired) electrons. The van der Waals surface area contributed by atoms with E-state index >= 15 is 0 Å². The van der Waals surface area contributed by atoms with E-state index in [9.17, 15) is 4.79 Å². The van der Waals surface area contributed by atoms with Gasteiger partial charge >= 0.3 is 0 Å². The molecule has 6 nitrogen and oxygen atoms in total. The molecule has 0 fully saturated rings. The topological polar surface area (TPSA) is 72.7 Å². The highest BCUT2D eigenvalue weighted by Gasteiger charge is 2.12. The lowest BCUT2D eigenvalue weighted by molar-refractivity contribution is -0.116. The van der Waals surface area contributed by atoms with Crippen molar-refractivity contribution in [2.75, 3.05) is 5.32 Å². The number of aromatic nitrogens is 4. The maximum Gasteiger partial charge on any atom is 0.224 e. The molecule has 0 bridgehead atoms. The van der Waals surface area contributed by atoms with Gasteiger partial charge in [-0.05, 0) is 30.7 Å². The highest BCUT2D eigenvalue weighted by atomic mass is 16.1. The molecule has 2 aromatic heterocycles. The zero-order chi connectivity index (χ0) is 16.9. The monoisotopic (exact) mass is 321 g/mol. The Balaban J connectivity index is 1.64. The first-order chi connectivity index (χ1) is 11.6. The first-order valence-corrected chi connectivity index (χ1v) is 7.79. The second-order valence-corrected chi connectivity index (χ2v) is 5.60. The first-order valence-electron chi connectivity index (χ1n) is 7.79. The standard InChI is InChI=1S/C18H19N5O/c1-13-6-3-4-8-15(13)20-17(24)10-9-16-21-22-18(23(16)2)14-7-5-11-19-12-14/h3-8,11-12H,9-10H2,1-2H3,(H,20,24). The number of nitrogens with zero attached hydrogens (tertiary/aromatic N) is 4. The molecule has 0 aliphatic rings. The molecule has 0 aliphatic carbocycles. The number of rotatable bonds is 5. The number of nitrogens with one attached hydrogen (secondary N) is 1. The third-order valence-electron chi connectivity index (χ3n) is 3.88. The number of carbonyl (C=O) groups is 1. The van der Waals surface area contributed by atoms with Gasteiger partial charge in [-0.15, -0.1) is 10.2 Å². The van der Waals surface area contributed by atoms with Crippen molar-refractivity contribution in [2.24, 2.45) is 7.05 Å². The van der Waals surface area contributed by atoms with Crippen LogP contribution in [0.2, 0.25) is 0 Å². The van der Waals surface area contributed by atoms with Crippen LogP contribution < -0.4 is 5.32 Å². The van der Waals surface area contributed by atoms with Gasteiger partial charge < -0.3 is 9.88 Å². The van der Waals surface area contributed by atoms with Gasteiger partial charge in [0, 0.05) is 43.5 Å². The second kappa shape index (κ2) is 7.04. The van der Waals surface area contributed by atoms with Gasteiger partial charge in [0.05, 0.1) is 0 Å². The maximum absolute atomic E-state index is 12.1. The lowest BCUT2D eigenvalue weighted by Crippen LogP contribution is -2.14. The molecule has 2 heterocycles. The normalized spacial score (nSPS) is 10.6. The number of aryl methyl sites for hydroxylation is 2. The van der Waals surface area contributed by atoms with Crippen molar-refractivity contribution in [1.29, 1.82) is 0 Å². The van der Waals surface area contributed by atoms with Gasteiger partial charge in [-0.1, -0.05) is 18.2 Å². The van der Waals surface area contributed by atoms with E-state index in [1.165, 1.54) is 0 Å². The Bertz CT molecular complexity index is 842. The van der Waals surface area contributed by atoms with Crippen LogP contribution in [0.4, 0.5) is 5.69 Å². The summed E-state index contributed by atoms with van der Waals surface area (Å²) in [5.74, 6) is 1.49. The predicted octanol–water partition coefficient (Wildman–Crippen LogP) is 2.76. The Morgan fingerprint density at radius 1 is 1.17 bits per heavy atom. The average Bonchev–Trinajstić information content (AvgIpc) is 2.97. The van der Waals surface area contributed by atoms with Gasteiger partial charge in [0.15, 0.2) is 5.82 Å². The van der Waals surface area contributed by atoms with Crippen LogP contribution >= 0.6 is 0 Å². The van der Waals surface area contributed by atoms with Gasteiger partial charge in [-0.3, -0.25) is 9.78 Å². The minimum Gasteiger partial charge on any atom is -0.326 e. The number of carbonyl (C=O) groups excluding carboxylic acids is 1. The van der Waals surface area contributed by atoms with Gasteiger partial charge in [0.25, 0.3) is 0 Å². The van der Waals surface area contributed by atoms with E-state index in [1.807, 2.05) is 54.9 Å². The number of benzene rings is 1. The summed E-state index contributed by atoms with van der Waals surface area (Å²) in [6.45, 7) is 1.97. The van der Waals surface area contributed by atoms with Gasteiger partial charge in [-0.25, -0.2) is 0 Å². The van der Waals surface area contributed by atoms with Crippen LogP contribution in [-0.2, 0) is 18.3 Å². The fourth-order valence-electron chi connectivity index (χ4n) is 2.48. The Morgan fingerprint density at radius 3 is 2.75 bits per heavy atom. The summed E-state index contributed by atoms with van der Waals surface area (Å²) in [5, 5.41) is 11.3. The molecule has 1 aromatic carbocycles. The van der Waals surface area contributed by atoms with Crippen LogP contribution in [0.1, 0.15) is 17.8 Å². The van der Waals surface area contributed by atoms with Crippen LogP contribution in [0.15, 0.2) is 48.8 Å². The minimum atomic E-state index is -0.0322. The Hall–Kier alpha value is -3.02. The summed E-state index contributed by atoms with van der Waals surface area (Å²) in [6.07, 6.45) is 4.35. The third kappa shape index (κ3) is 3.48. The Morgan fingerprint density at radius 2 is 2.00 bits per heavy atom. The Labute approximate surface area is 140 Å². The van der Waals surface area contributed by atoms with Crippen molar-refractivity contribution in [2.45, 2.75) is 19.8 Å². The van der Waals surface area contributed by atoms with Gasteiger partial charge in [0.2, 0.25) is 5.91 Å². The van der Waals surface area contributed by atoms with E-state index in [-0.39, 0.29) is 5.91 Å². The average molecular weight is 321 g/mol. The molecule has 0 saturated heterocycles. The summed E-state index contributed by atoms with van der Waals surface area (Å²) in [6, 6.07) is 11.5. The first kappa shape index (κ1) is 15.9. The maximum atomic E-state index is 12.1. The van der Waals surface area contributed by atoms with E-state index in [2.05, 4.69) is 20.5 Å². The number of hydrogen-bond acceptors (Lipinski definition) is 4. The lowest BCUT2D eigenvalue weighted by atomic mass is 10.2. The molecule has 0 aliphatic heterocycles. The molecule has 0 spiro atoms. The molecule has 0 saturated carbocycles. The van der Waals surface area contributed by atoms with Crippen LogP contribution in [0.25, 0.3) is 11.4 Å². The van der Waals surface area contributed by atoms with E-state index in [1.54, 1.807) is 12.4 Å². The summed E-state index contributed by atoms with van der Waals surface area (Å²) >= 11 is 0. The minimum absolute atomic E-state index is 0.0322. The fraction of sp³-hybridized carbons (Fsp3) is 0.222. The highest BCUT2D eigenvalue weighted by molar-refractivity contribution is 5.91. The quantitative estimate of drug-likeness (QED) is 0.784. The molecular weight excluding hydrogens is 302 g/mol. The third-order valence-corrected chi connectivity index (χ3v) is 3.88. The number of anilines is 1. The molecule has 24 heavy (non-hydrogen) atoms. The molecule has 1 N–H and O–H groups in total. The van der Waals surface area contributed by atoms with E-state index in [0.29, 0.717) is 12.8 Å². The van der Waals surface area contributed by atoms with Crippen LogP contribution in [0.5, 0.6) is 0 Å². The molecule has 1 amide bonds. The lowest BCUT2D eigenvalue weighted by Gasteiger charge is -2.08. The number of amides is 1. The van der Waals surface area contributed by atoms with Crippen molar-refractivity contribution in [1.82, 2.24) is 19.7 Å². The molecule has 6 heteroatoms. The summed E-state index contributed by atoms with van der Waals surface area (Å²) in [5.41, 5.74) is 2.79. The summed E-state index contributed by atoms with van der Waals surface area (Å²) in [4.78, 5) is 16.2. The highest BCUT2D eigenvalue weighted by Crippen LogP contribution is 2.17. The summed E-state index contributed by atoms with van der Waals surface area (Å²) in [7, 11) is 1.90. The van der Waals surface area contributed by atoms with Crippen molar-refractivity contribution < 1.29 is 4.79 Å². The SMILES string of the molecule is Cc1ccccc1NC(=O)CCc1nnc(-c2cccnc2)n1C. The van der Waals surface area contributed by atoms with Crippen molar-refractivity contribution >= 4 is 11.6 Å². The fourth-order valence-corrected chi connectivity index (χ4v) is 2.48. The number of hydrogen-bond donors (Lipinski definition) is 1. The van der Waals surface area contributed by atoms with Crippen LogP contribution in [0, 0.1) is 6.92 Å². The van der Waals surface area contributed by atoms with Crippen molar-refractivity contribution in [3.63, 3.8) is 0 Å². The van der Waals surface area contributed by atoms with Gasteiger partial charge in [-0.2, -0.15) is 0 Å². The largest absolute Gasteiger partial charge is 0.326 e. The predicted molar refractivity (Wildman–Crippen MR) is 92.4 cm³/mol. The van der Waals surface area contributed by atoms with Crippen molar-refractivity contribution in [3.8, 4) is 11.4 Å².